The number of amides is 3. The van der Waals surface area contributed by atoms with Crippen LogP contribution in [-0.4, -0.2) is 76.3 Å². The normalized spacial score (nSPS) is 16.7. The Balaban J connectivity index is 1.09. The number of ether oxygens (including phenoxy) is 3. The van der Waals surface area contributed by atoms with Gasteiger partial charge in [0.2, 0.25) is 5.91 Å². The molecule has 12 nitrogen and oxygen atoms in total. The maximum absolute atomic E-state index is 13.8. The SMILES string of the molecule is CCOC(=O)NC(CCCC(=O)NC1C(=O)N2C(C(=O)OC(c3ccccc3)c3ccccc3)=C(CO)CS[C@@H]12)C(=O)OC(c1ccccc1)c1ccccc1. The highest BCUT2D eigenvalue weighted by Gasteiger charge is 2.54. The molecule has 0 radical (unpaired) electrons. The number of benzene rings is 4. The van der Waals surface area contributed by atoms with E-state index in [1.54, 1.807) is 6.92 Å². The van der Waals surface area contributed by atoms with E-state index in [4.69, 9.17) is 14.2 Å². The smallest absolute Gasteiger partial charge is 0.407 e. The third-order valence-corrected chi connectivity index (χ3v) is 10.7. The number of alkyl carbamates (subject to hydrolysis) is 1. The summed E-state index contributed by atoms with van der Waals surface area (Å²) < 4.78 is 17.1. The summed E-state index contributed by atoms with van der Waals surface area (Å²) in [6, 6.07) is 34.8. The lowest BCUT2D eigenvalue weighted by Gasteiger charge is -2.49. The van der Waals surface area contributed by atoms with Crippen molar-refractivity contribution in [1.82, 2.24) is 15.5 Å². The molecule has 0 saturated carbocycles. The molecule has 13 heteroatoms. The topological polar surface area (TPSA) is 161 Å². The molecule has 1 fully saturated rings. The highest BCUT2D eigenvalue weighted by molar-refractivity contribution is 8.00. The van der Waals surface area contributed by atoms with Gasteiger partial charge in [0.05, 0.1) is 13.2 Å². The van der Waals surface area contributed by atoms with Crippen LogP contribution in [0.3, 0.4) is 0 Å². The summed E-state index contributed by atoms with van der Waals surface area (Å²) >= 11 is 1.32. The molecule has 2 unspecified atom stereocenters. The number of rotatable bonds is 16. The van der Waals surface area contributed by atoms with Crippen molar-refractivity contribution in [3.8, 4) is 0 Å². The second-order valence-electron chi connectivity index (χ2n) is 13.1. The van der Waals surface area contributed by atoms with Crippen LogP contribution < -0.4 is 10.6 Å². The first-order valence-corrected chi connectivity index (χ1v) is 19.4. The fourth-order valence-corrected chi connectivity index (χ4v) is 7.93. The predicted octanol–water partition coefficient (Wildman–Crippen LogP) is 5.58. The van der Waals surface area contributed by atoms with Crippen molar-refractivity contribution in [1.29, 1.82) is 0 Å². The van der Waals surface area contributed by atoms with E-state index in [1.165, 1.54) is 16.7 Å². The number of hydrogen-bond acceptors (Lipinski definition) is 10. The molecule has 3 atom stereocenters. The lowest BCUT2D eigenvalue weighted by atomic mass is 10.0. The minimum atomic E-state index is -1.13. The van der Waals surface area contributed by atoms with Crippen molar-refractivity contribution in [3.63, 3.8) is 0 Å². The number of esters is 2. The number of nitrogens with one attached hydrogen (secondary N) is 2. The van der Waals surface area contributed by atoms with Crippen LogP contribution in [0.25, 0.3) is 0 Å². The molecule has 0 bridgehead atoms. The van der Waals surface area contributed by atoms with Crippen LogP contribution in [0, 0.1) is 0 Å². The van der Waals surface area contributed by atoms with Crippen LogP contribution in [-0.2, 0) is 33.4 Å². The fraction of sp³-hybridized carbons (Fsp3) is 0.279. The molecule has 56 heavy (non-hydrogen) atoms. The van der Waals surface area contributed by atoms with Gasteiger partial charge in [-0.15, -0.1) is 11.8 Å². The number of aliphatic hydroxyl groups is 1. The first kappa shape index (κ1) is 39.8. The summed E-state index contributed by atoms with van der Waals surface area (Å²) in [6.45, 7) is 1.28. The lowest BCUT2D eigenvalue weighted by molar-refractivity contribution is -0.154. The number of carbonyl (C=O) groups excluding carboxylic acids is 5. The molecule has 0 spiro atoms. The molecular formula is C43H43N3O9S. The van der Waals surface area contributed by atoms with Gasteiger partial charge in [0, 0.05) is 12.2 Å². The van der Waals surface area contributed by atoms with Gasteiger partial charge in [-0.05, 0) is 47.6 Å². The van der Waals surface area contributed by atoms with Crippen molar-refractivity contribution >= 4 is 41.6 Å². The monoisotopic (exact) mass is 777 g/mol. The second kappa shape index (κ2) is 19.1. The summed E-state index contributed by atoms with van der Waals surface area (Å²) in [5.74, 6) is -2.18. The largest absolute Gasteiger partial charge is 0.451 e. The van der Waals surface area contributed by atoms with E-state index < -0.39 is 66.1 Å². The van der Waals surface area contributed by atoms with Gasteiger partial charge in [-0.1, -0.05) is 121 Å². The van der Waals surface area contributed by atoms with Gasteiger partial charge in [-0.3, -0.25) is 14.5 Å². The van der Waals surface area contributed by atoms with Crippen LogP contribution in [0.1, 0.15) is 60.6 Å². The Bertz CT molecular complexity index is 1940. The van der Waals surface area contributed by atoms with E-state index in [1.807, 2.05) is 121 Å². The maximum atomic E-state index is 13.8. The number of hydrogen-bond donors (Lipinski definition) is 3. The summed E-state index contributed by atoms with van der Waals surface area (Å²) in [6.07, 6.45) is -2.17. The first-order chi connectivity index (χ1) is 27.3. The Morgan fingerprint density at radius 1 is 0.786 bits per heavy atom. The van der Waals surface area contributed by atoms with Crippen molar-refractivity contribution in [2.75, 3.05) is 19.0 Å². The molecule has 2 heterocycles. The Kier molecular flexibility index (Phi) is 13.6. The van der Waals surface area contributed by atoms with Crippen LogP contribution in [0.2, 0.25) is 0 Å². The molecule has 3 N–H and O–H groups in total. The molecule has 3 amide bonds. The van der Waals surface area contributed by atoms with Crippen molar-refractivity contribution in [3.05, 3.63) is 155 Å². The zero-order chi connectivity index (χ0) is 39.4. The third-order valence-electron chi connectivity index (χ3n) is 9.36. The number of aliphatic hydroxyl groups excluding tert-OH is 1. The molecule has 6 rings (SSSR count). The summed E-state index contributed by atoms with van der Waals surface area (Å²) in [4.78, 5) is 68.0. The highest BCUT2D eigenvalue weighted by atomic mass is 32.2. The average Bonchev–Trinajstić information content (AvgIpc) is 3.24. The number of nitrogens with zero attached hydrogens (tertiary/aromatic N) is 1. The van der Waals surface area contributed by atoms with Crippen LogP contribution >= 0.6 is 11.8 Å². The van der Waals surface area contributed by atoms with Crippen molar-refractivity contribution in [2.45, 2.75) is 55.9 Å². The molecule has 2 aliphatic rings. The summed E-state index contributed by atoms with van der Waals surface area (Å²) in [7, 11) is 0. The van der Waals surface area contributed by atoms with E-state index in [9.17, 15) is 29.1 Å². The highest BCUT2D eigenvalue weighted by Crippen LogP contribution is 2.41. The number of β-lactam (4-membered cyclic amide) rings is 1. The minimum Gasteiger partial charge on any atom is -0.451 e. The quantitative estimate of drug-likeness (QED) is 0.0745. The zero-order valence-corrected chi connectivity index (χ0v) is 31.6. The van der Waals surface area contributed by atoms with E-state index in [2.05, 4.69) is 10.6 Å². The van der Waals surface area contributed by atoms with Crippen LogP contribution in [0.15, 0.2) is 133 Å². The first-order valence-electron chi connectivity index (χ1n) is 18.4. The molecule has 4 aromatic rings. The second-order valence-corrected chi connectivity index (χ2v) is 14.2. The molecule has 1 saturated heterocycles. The Morgan fingerprint density at radius 2 is 1.29 bits per heavy atom. The van der Waals surface area contributed by atoms with E-state index >= 15 is 0 Å². The van der Waals surface area contributed by atoms with Gasteiger partial charge in [0.25, 0.3) is 5.91 Å². The van der Waals surface area contributed by atoms with E-state index in [-0.39, 0.29) is 37.3 Å². The standard InChI is InChI=1S/C43H43N3O9S/c1-2-53-43(52)44-33(41(50)54-37(28-16-7-3-8-17-28)29-18-9-4-10-19-29)24-15-25-34(48)45-35-39(49)46-36(32(26-47)27-56-40(35)46)42(51)55-38(30-20-11-5-12-21-30)31-22-13-6-14-23-31/h3-14,16-23,33,35,37-38,40,47H,2,15,24-27H2,1H3,(H,44,52)(H,45,48)/t33?,35?,40-/m0/s1. The molecule has 0 aromatic heterocycles. The third kappa shape index (κ3) is 9.47. The molecule has 290 valence electrons. The molecular weight excluding hydrogens is 735 g/mol. The zero-order valence-electron chi connectivity index (χ0n) is 30.7. The Hall–Kier alpha value is -5.92. The van der Waals surface area contributed by atoms with Crippen LogP contribution in [0.4, 0.5) is 4.79 Å². The number of fused-ring (bicyclic) bond motifs is 1. The van der Waals surface area contributed by atoms with Gasteiger partial charge in [-0.25, -0.2) is 14.4 Å². The van der Waals surface area contributed by atoms with Crippen molar-refractivity contribution < 1.29 is 43.3 Å². The van der Waals surface area contributed by atoms with Gasteiger partial charge < -0.3 is 30.0 Å². The van der Waals surface area contributed by atoms with Gasteiger partial charge in [-0.2, -0.15) is 0 Å². The van der Waals surface area contributed by atoms with E-state index in [0.29, 0.717) is 5.57 Å². The average molecular weight is 778 g/mol. The maximum Gasteiger partial charge on any atom is 0.407 e. The summed E-state index contributed by atoms with van der Waals surface area (Å²) in [5.41, 5.74) is 3.28. The van der Waals surface area contributed by atoms with Crippen LogP contribution in [0.5, 0.6) is 0 Å². The van der Waals surface area contributed by atoms with Gasteiger partial charge >= 0.3 is 18.0 Å². The van der Waals surface area contributed by atoms with Crippen molar-refractivity contribution in [2.24, 2.45) is 0 Å². The lowest BCUT2D eigenvalue weighted by Crippen LogP contribution is -2.70. The molecule has 4 aromatic carbocycles. The fourth-order valence-electron chi connectivity index (χ4n) is 6.60. The number of carbonyl (C=O) groups is 5. The predicted molar refractivity (Wildman–Crippen MR) is 209 cm³/mol. The summed E-state index contributed by atoms with van der Waals surface area (Å²) in [5, 5.41) is 14.9. The molecule has 0 aliphatic carbocycles. The Morgan fingerprint density at radius 3 is 1.77 bits per heavy atom. The minimum absolute atomic E-state index is 0.0284. The van der Waals surface area contributed by atoms with Gasteiger partial charge in [0.15, 0.2) is 12.2 Å². The molecule has 2 aliphatic heterocycles. The Labute approximate surface area is 329 Å². The van der Waals surface area contributed by atoms with E-state index in [0.717, 1.165) is 22.3 Å². The van der Waals surface area contributed by atoms with Gasteiger partial charge in [0.1, 0.15) is 23.2 Å². The number of thioether (sulfide) groups is 1.